The first-order valence-corrected chi connectivity index (χ1v) is 4.98. The summed E-state index contributed by atoms with van der Waals surface area (Å²) in [4.78, 5) is 13.7. The van der Waals surface area contributed by atoms with Crippen LogP contribution < -0.4 is 0 Å². The summed E-state index contributed by atoms with van der Waals surface area (Å²) >= 11 is 0. The van der Waals surface area contributed by atoms with Gasteiger partial charge in [-0.2, -0.15) is 0 Å². The van der Waals surface area contributed by atoms with Gasteiger partial charge in [0, 0.05) is 16.2 Å². The van der Waals surface area contributed by atoms with Crippen LogP contribution in [-0.2, 0) is 0 Å². The number of rotatable bonds is 3. The number of aryl methyl sites for hydroxylation is 1. The maximum atomic E-state index is 11.1. The molecule has 18 heavy (non-hydrogen) atoms. The Morgan fingerprint density at radius 3 is 2.67 bits per heavy atom. The van der Waals surface area contributed by atoms with Gasteiger partial charge in [-0.05, 0) is 12.5 Å². The summed E-state index contributed by atoms with van der Waals surface area (Å²) in [6.45, 7) is 1.54. The van der Waals surface area contributed by atoms with Gasteiger partial charge in [-0.1, -0.05) is 34.5 Å². The summed E-state index contributed by atoms with van der Waals surface area (Å²) in [7, 11) is 0. The first-order valence-electron chi connectivity index (χ1n) is 4.98. The molecule has 0 aliphatic heterocycles. The molecule has 2 rings (SSSR count). The number of carbonyl (C=O) groups is 1. The third-order valence-electron chi connectivity index (χ3n) is 2.38. The van der Waals surface area contributed by atoms with Gasteiger partial charge in [0.25, 0.3) is 0 Å². The van der Waals surface area contributed by atoms with Gasteiger partial charge >= 0.3 is 5.97 Å². The van der Waals surface area contributed by atoms with Gasteiger partial charge < -0.3 is 9.63 Å². The topological polar surface area (TPSA) is 112 Å². The van der Waals surface area contributed by atoms with Crippen molar-refractivity contribution in [2.45, 2.75) is 6.92 Å². The van der Waals surface area contributed by atoms with Crippen LogP contribution in [0.15, 0.2) is 33.9 Å². The van der Waals surface area contributed by atoms with Crippen molar-refractivity contribution >= 4 is 11.7 Å². The molecule has 1 N–H and O–H groups in total. The van der Waals surface area contributed by atoms with Crippen LogP contribution >= 0.6 is 0 Å². The van der Waals surface area contributed by atoms with Crippen LogP contribution in [0, 0.1) is 6.92 Å². The quantitative estimate of drug-likeness (QED) is 0.507. The van der Waals surface area contributed by atoms with E-state index < -0.39 is 5.97 Å². The van der Waals surface area contributed by atoms with E-state index in [4.69, 9.17) is 15.2 Å². The van der Waals surface area contributed by atoms with Crippen LogP contribution in [0.1, 0.15) is 16.1 Å². The van der Waals surface area contributed by atoms with Crippen LogP contribution in [0.3, 0.4) is 0 Å². The number of hydrogen-bond acceptors (Lipinski definition) is 4. The van der Waals surface area contributed by atoms with Gasteiger partial charge in [0.1, 0.15) is 17.0 Å². The Morgan fingerprint density at radius 2 is 2.11 bits per heavy atom. The number of aromatic nitrogens is 1. The minimum Gasteiger partial charge on any atom is -0.477 e. The zero-order valence-corrected chi connectivity index (χ0v) is 9.36. The molecule has 0 saturated carbocycles. The molecule has 0 aliphatic carbocycles. The van der Waals surface area contributed by atoms with Crippen molar-refractivity contribution in [1.82, 2.24) is 5.16 Å². The number of aromatic carboxylic acids is 1. The number of carboxylic acid groups (broad SMARTS) is 1. The standard InChI is InChI=1S/C11H8N4O3/c1-6-9(11(16)17)10(14-18-6)7-2-4-8(5-3-7)13-15-12/h2-5H,1H3,(H,16,17). The summed E-state index contributed by atoms with van der Waals surface area (Å²) < 4.78 is 4.88. The molecule has 0 unspecified atom stereocenters. The van der Waals surface area contributed by atoms with Gasteiger partial charge in [0.05, 0.1) is 0 Å². The highest BCUT2D eigenvalue weighted by molar-refractivity contribution is 5.95. The minimum absolute atomic E-state index is 0.0338. The molecule has 2 aromatic rings. The molecule has 1 heterocycles. The van der Waals surface area contributed by atoms with Crippen LogP contribution in [0.25, 0.3) is 21.7 Å². The monoisotopic (exact) mass is 244 g/mol. The van der Waals surface area contributed by atoms with Crippen LogP contribution in [0.5, 0.6) is 0 Å². The first-order chi connectivity index (χ1) is 8.63. The molecule has 1 aromatic carbocycles. The van der Waals surface area contributed by atoms with E-state index in [0.29, 0.717) is 11.3 Å². The smallest absolute Gasteiger partial charge is 0.341 e. The number of nitrogens with zero attached hydrogens (tertiary/aromatic N) is 4. The van der Waals surface area contributed by atoms with E-state index in [9.17, 15) is 4.79 Å². The average Bonchev–Trinajstić information content (AvgIpc) is 2.73. The Hall–Kier alpha value is -2.79. The molecular formula is C11H8N4O3. The van der Waals surface area contributed by atoms with E-state index in [1.54, 1.807) is 24.3 Å². The number of hydrogen-bond donors (Lipinski definition) is 1. The summed E-state index contributed by atoms with van der Waals surface area (Å²) in [6, 6.07) is 6.39. The SMILES string of the molecule is Cc1onc(-c2ccc(N=[N+]=[N-])cc2)c1C(=O)O. The van der Waals surface area contributed by atoms with E-state index in [0.717, 1.165) is 0 Å². The zero-order valence-electron chi connectivity index (χ0n) is 9.36. The highest BCUT2D eigenvalue weighted by Crippen LogP contribution is 2.26. The van der Waals surface area contributed by atoms with Crippen molar-refractivity contribution in [2.75, 3.05) is 0 Å². The zero-order chi connectivity index (χ0) is 13.1. The fourth-order valence-corrected chi connectivity index (χ4v) is 1.56. The van der Waals surface area contributed by atoms with E-state index in [-0.39, 0.29) is 17.0 Å². The maximum absolute atomic E-state index is 11.1. The molecule has 0 fully saturated rings. The highest BCUT2D eigenvalue weighted by atomic mass is 16.5. The second-order valence-electron chi connectivity index (χ2n) is 3.50. The van der Waals surface area contributed by atoms with Gasteiger partial charge in [0.2, 0.25) is 0 Å². The van der Waals surface area contributed by atoms with Crippen molar-refractivity contribution in [3.8, 4) is 11.3 Å². The second-order valence-corrected chi connectivity index (χ2v) is 3.50. The molecule has 0 atom stereocenters. The van der Waals surface area contributed by atoms with Gasteiger partial charge in [-0.3, -0.25) is 0 Å². The molecule has 7 nitrogen and oxygen atoms in total. The lowest BCUT2D eigenvalue weighted by Crippen LogP contribution is -1.99. The predicted octanol–water partition coefficient (Wildman–Crippen LogP) is 3.29. The number of carboxylic acids is 1. The van der Waals surface area contributed by atoms with Gasteiger partial charge in [0.15, 0.2) is 0 Å². The fourth-order valence-electron chi connectivity index (χ4n) is 1.56. The maximum Gasteiger partial charge on any atom is 0.341 e. The van der Waals surface area contributed by atoms with E-state index in [1.165, 1.54) is 6.92 Å². The van der Waals surface area contributed by atoms with Crippen molar-refractivity contribution < 1.29 is 14.4 Å². The molecule has 0 amide bonds. The van der Waals surface area contributed by atoms with Crippen molar-refractivity contribution in [3.63, 3.8) is 0 Å². The molecule has 1 aromatic heterocycles. The molecule has 0 radical (unpaired) electrons. The Labute approximate surface area is 101 Å². The van der Waals surface area contributed by atoms with Gasteiger partial charge in [-0.25, -0.2) is 4.79 Å². The molecule has 0 spiro atoms. The molecule has 90 valence electrons. The van der Waals surface area contributed by atoms with Crippen molar-refractivity contribution in [1.29, 1.82) is 0 Å². The third-order valence-corrected chi connectivity index (χ3v) is 2.38. The van der Waals surface area contributed by atoms with Crippen LogP contribution in [0.4, 0.5) is 5.69 Å². The molecule has 0 aliphatic rings. The van der Waals surface area contributed by atoms with Crippen molar-refractivity contribution in [2.24, 2.45) is 5.11 Å². The summed E-state index contributed by atoms with van der Waals surface area (Å²) in [5.41, 5.74) is 9.60. The lowest BCUT2D eigenvalue weighted by Gasteiger charge is -1.98. The normalized spacial score (nSPS) is 9.83. The molecule has 0 saturated heterocycles. The van der Waals surface area contributed by atoms with E-state index in [1.807, 2.05) is 0 Å². The summed E-state index contributed by atoms with van der Waals surface area (Å²) in [5, 5.41) is 16.2. The predicted molar refractivity (Wildman–Crippen MR) is 62.4 cm³/mol. The average molecular weight is 244 g/mol. The van der Waals surface area contributed by atoms with Crippen molar-refractivity contribution in [3.05, 3.63) is 46.0 Å². The number of azide groups is 1. The highest BCUT2D eigenvalue weighted by Gasteiger charge is 2.20. The Kier molecular flexibility index (Phi) is 2.99. The lowest BCUT2D eigenvalue weighted by molar-refractivity contribution is 0.0696. The van der Waals surface area contributed by atoms with Crippen LogP contribution in [0.2, 0.25) is 0 Å². The first kappa shape index (κ1) is 11.7. The Morgan fingerprint density at radius 1 is 1.44 bits per heavy atom. The fraction of sp³-hybridized carbons (Fsp3) is 0.0909. The summed E-state index contributed by atoms with van der Waals surface area (Å²) in [5.74, 6) is -0.848. The Balaban J connectivity index is 2.49. The van der Waals surface area contributed by atoms with E-state index >= 15 is 0 Å². The minimum atomic E-state index is -1.09. The molecular weight excluding hydrogens is 236 g/mol. The third kappa shape index (κ3) is 2.02. The molecule has 0 bridgehead atoms. The Bertz CT molecular complexity index is 639. The van der Waals surface area contributed by atoms with Gasteiger partial charge in [-0.15, -0.1) is 0 Å². The second kappa shape index (κ2) is 4.60. The number of benzene rings is 1. The molecule has 7 heteroatoms. The summed E-state index contributed by atoms with van der Waals surface area (Å²) in [6.07, 6.45) is 0. The lowest BCUT2D eigenvalue weighted by atomic mass is 10.1. The van der Waals surface area contributed by atoms with E-state index in [2.05, 4.69) is 15.2 Å². The largest absolute Gasteiger partial charge is 0.477 e. The van der Waals surface area contributed by atoms with Crippen LogP contribution in [-0.4, -0.2) is 16.2 Å².